The molecule has 6 aliphatic rings. The molecule has 36 heavy (non-hydrogen) atoms. The van der Waals surface area contributed by atoms with E-state index >= 15 is 0 Å². The SMILES string of the molecule is C[C@H]1CCC2=C(C=CC34C(N=C(CC(C(=O)O)C5=c6ccccc6=CCC5)N3C3CCCOC3)C24)N1. The van der Waals surface area contributed by atoms with E-state index in [1.807, 2.05) is 12.1 Å². The summed E-state index contributed by atoms with van der Waals surface area (Å²) in [6.45, 7) is 3.76. The summed E-state index contributed by atoms with van der Waals surface area (Å²) in [6, 6.07) is 9.19. The Kier molecular flexibility index (Phi) is 5.18. The summed E-state index contributed by atoms with van der Waals surface area (Å²) in [5, 5.41) is 16.4. The Morgan fingerprint density at radius 2 is 2.19 bits per heavy atom. The van der Waals surface area contributed by atoms with Crippen LogP contribution in [0.1, 0.15) is 51.9 Å². The molecule has 3 heterocycles. The van der Waals surface area contributed by atoms with Crippen molar-refractivity contribution in [1.82, 2.24) is 10.2 Å². The molecule has 0 amide bonds. The molecule has 6 atom stereocenters. The molecule has 2 fully saturated rings. The average molecular weight is 486 g/mol. The molecule has 1 aromatic rings. The number of rotatable bonds is 5. The molecular formula is C30H35N3O3. The highest BCUT2D eigenvalue weighted by Gasteiger charge is 2.74. The van der Waals surface area contributed by atoms with E-state index in [0.717, 1.165) is 67.0 Å². The van der Waals surface area contributed by atoms with Gasteiger partial charge in [0, 0.05) is 30.7 Å². The molecule has 188 valence electrons. The zero-order valence-corrected chi connectivity index (χ0v) is 21.0. The van der Waals surface area contributed by atoms with Gasteiger partial charge in [-0.15, -0.1) is 0 Å². The minimum absolute atomic E-state index is 0.131. The molecule has 1 saturated carbocycles. The highest BCUT2D eigenvalue weighted by atomic mass is 16.5. The van der Waals surface area contributed by atoms with E-state index in [1.165, 1.54) is 11.3 Å². The first kappa shape index (κ1) is 22.3. The molecular weight excluding hydrogens is 450 g/mol. The summed E-state index contributed by atoms with van der Waals surface area (Å²) in [5.74, 6) is 0.0830. The molecule has 3 aliphatic heterocycles. The summed E-state index contributed by atoms with van der Waals surface area (Å²) in [7, 11) is 0. The van der Waals surface area contributed by atoms with Crippen molar-refractivity contribution in [3.63, 3.8) is 0 Å². The van der Waals surface area contributed by atoms with Crippen LogP contribution in [0, 0.1) is 11.8 Å². The van der Waals surface area contributed by atoms with Crippen molar-refractivity contribution in [2.45, 2.75) is 75.5 Å². The van der Waals surface area contributed by atoms with Gasteiger partial charge in [0.1, 0.15) is 5.84 Å². The van der Waals surface area contributed by atoms with E-state index in [2.05, 4.69) is 47.5 Å². The topological polar surface area (TPSA) is 74.2 Å². The number of carboxylic acids is 1. The number of carbonyl (C=O) groups is 1. The number of nitrogens with one attached hydrogen (secondary N) is 1. The predicted molar refractivity (Wildman–Crippen MR) is 140 cm³/mol. The van der Waals surface area contributed by atoms with Gasteiger partial charge in [0.2, 0.25) is 0 Å². The third-order valence-corrected chi connectivity index (χ3v) is 9.34. The summed E-state index contributed by atoms with van der Waals surface area (Å²) >= 11 is 0. The fraction of sp³-hybridized carbons (Fsp3) is 0.533. The van der Waals surface area contributed by atoms with Gasteiger partial charge < -0.3 is 20.1 Å². The van der Waals surface area contributed by atoms with E-state index in [-0.39, 0.29) is 17.6 Å². The van der Waals surface area contributed by atoms with E-state index < -0.39 is 11.9 Å². The predicted octanol–water partition coefficient (Wildman–Crippen LogP) is 2.73. The maximum atomic E-state index is 12.7. The lowest BCUT2D eigenvalue weighted by molar-refractivity contribution is -0.139. The second-order valence-corrected chi connectivity index (χ2v) is 11.4. The first-order valence-electron chi connectivity index (χ1n) is 13.7. The van der Waals surface area contributed by atoms with E-state index in [0.29, 0.717) is 25.0 Å². The van der Waals surface area contributed by atoms with Gasteiger partial charge >= 0.3 is 5.97 Å². The fourth-order valence-corrected chi connectivity index (χ4v) is 7.67. The Hall–Kier alpha value is -2.86. The maximum Gasteiger partial charge on any atom is 0.311 e. The van der Waals surface area contributed by atoms with Gasteiger partial charge in [0.15, 0.2) is 0 Å². The molecule has 3 aliphatic carbocycles. The largest absolute Gasteiger partial charge is 0.481 e. The van der Waals surface area contributed by atoms with Crippen LogP contribution in [0.3, 0.4) is 0 Å². The lowest BCUT2D eigenvalue weighted by atomic mass is 9.85. The molecule has 7 rings (SSSR count). The fourth-order valence-electron chi connectivity index (χ4n) is 7.67. The first-order valence-corrected chi connectivity index (χ1v) is 13.7. The van der Waals surface area contributed by atoms with Gasteiger partial charge in [-0.2, -0.15) is 0 Å². The van der Waals surface area contributed by atoms with E-state index in [4.69, 9.17) is 9.73 Å². The summed E-state index contributed by atoms with van der Waals surface area (Å²) in [4.78, 5) is 20.6. The number of nitrogens with zero attached hydrogens (tertiary/aromatic N) is 2. The van der Waals surface area contributed by atoms with Crippen LogP contribution in [0.4, 0.5) is 0 Å². The Labute approximate surface area is 212 Å². The molecule has 1 aromatic carbocycles. The van der Waals surface area contributed by atoms with E-state index in [9.17, 15) is 9.90 Å². The Balaban J connectivity index is 1.27. The van der Waals surface area contributed by atoms with Gasteiger partial charge in [0.25, 0.3) is 0 Å². The Morgan fingerprint density at radius 1 is 1.31 bits per heavy atom. The van der Waals surface area contributed by atoms with Crippen LogP contribution in [-0.2, 0) is 9.53 Å². The van der Waals surface area contributed by atoms with Crippen molar-refractivity contribution < 1.29 is 14.6 Å². The highest BCUT2D eigenvalue weighted by molar-refractivity contribution is 5.95. The number of carboxylic acid groups (broad SMARTS) is 1. The average Bonchev–Trinajstić information content (AvgIpc) is 3.43. The van der Waals surface area contributed by atoms with Crippen molar-refractivity contribution in [1.29, 1.82) is 0 Å². The van der Waals surface area contributed by atoms with Crippen molar-refractivity contribution in [3.8, 4) is 0 Å². The van der Waals surface area contributed by atoms with Gasteiger partial charge in [-0.3, -0.25) is 9.79 Å². The number of ether oxygens (including phenoxy) is 1. The second kappa shape index (κ2) is 8.34. The van der Waals surface area contributed by atoms with Crippen LogP contribution in [0.15, 0.2) is 52.7 Å². The Morgan fingerprint density at radius 3 is 3.03 bits per heavy atom. The number of benzene rings is 1. The number of amidine groups is 1. The quantitative estimate of drug-likeness (QED) is 0.671. The molecule has 0 radical (unpaired) electrons. The van der Waals surface area contributed by atoms with Crippen LogP contribution in [0.2, 0.25) is 0 Å². The molecule has 0 aromatic heterocycles. The van der Waals surface area contributed by atoms with Gasteiger partial charge in [-0.1, -0.05) is 36.4 Å². The van der Waals surface area contributed by atoms with Crippen LogP contribution in [-0.4, -0.2) is 58.7 Å². The van der Waals surface area contributed by atoms with Crippen LogP contribution in [0.25, 0.3) is 11.6 Å². The van der Waals surface area contributed by atoms with Gasteiger partial charge in [0.05, 0.1) is 30.1 Å². The third-order valence-electron chi connectivity index (χ3n) is 9.34. The smallest absolute Gasteiger partial charge is 0.311 e. The lowest BCUT2D eigenvalue weighted by Gasteiger charge is -2.42. The second-order valence-electron chi connectivity index (χ2n) is 11.4. The standard InChI is InChI=1S/C30H35N3O3/c1-18-11-12-23-25(31-18)13-14-30-27(23)28(30)32-26(33(30)20-8-5-15-36-17-20)16-24(29(34)35)22-10-4-7-19-6-2-3-9-21(19)22/h2-3,6-7,9,13-14,18,20,24,27-28,31H,4-5,8,10-12,15-17H2,1H3,(H,34,35)/t18-,20?,24?,27?,28?,30?/m0/s1. The van der Waals surface area contributed by atoms with E-state index in [1.54, 1.807) is 0 Å². The summed E-state index contributed by atoms with van der Waals surface area (Å²) < 4.78 is 5.95. The zero-order chi connectivity index (χ0) is 24.4. The third kappa shape index (κ3) is 3.26. The Bertz CT molecular complexity index is 1320. The molecule has 2 N–H and O–H groups in total. The van der Waals surface area contributed by atoms with Crippen molar-refractivity contribution in [2.75, 3.05) is 13.2 Å². The highest BCUT2D eigenvalue weighted by Crippen LogP contribution is 2.64. The number of hydrogen-bond donors (Lipinski definition) is 2. The monoisotopic (exact) mass is 485 g/mol. The van der Waals surface area contributed by atoms with Crippen molar-refractivity contribution in [3.05, 3.63) is 58.1 Å². The summed E-state index contributed by atoms with van der Waals surface area (Å²) in [6.07, 6.45) is 13.4. The molecule has 1 saturated heterocycles. The molecule has 0 bridgehead atoms. The van der Waals surface area contributed by atoms with Crippen molar-refractivity contribution in [2.24, 2.45) is 16.8 Å². The van der Waals surface area contributed by atoms with Crippen molar-refractivity contribution >= 4 is 23.5 Å². The number of hydrogen-bond acceptors (Lipinski definition) is 5. The molecule has 1 spiro atoms. The number of aliphatic imine (C=N–C) groups is 1. The number of fused-ring (bicyclic) bond motifs is 3. The minimum atomic E-state index is -0.742. The van der Waals surface area contributed by atoms with Crippen LogP contribution in [0.5, 0.6) is 0 Å². The van der Waals surface area contributed by atoms with Gasteiger partial charge in [-0.25, -0.2) is 0 Å². The number of aliphatic carboxylic acids is 1. The maximum absolute atomic E-state index is 12.7. The normalized spacial score (nSPS) is 35.0. The number of allylic oxidation sites excluding steroid dienone is 1. The summed E-state index contributed by atoms with van der Waals surface area (Å²) in [5.41, 5.74) is 3.73. The zero-order valence-electron chi connectivity index (χ0n) is 21.0. The lowest BCUT2D eigenvalue weighted by Crippen LogP contribution is -2.52. The molecule has 6 heteroatoms. The van der Waals surface area contributed by atoms with Gasteiger partial charge in [-0.05, 0) is 73.1 Å². The minimum Gasteiger partial charge on any atom is -0.481 e. The molecule has 5 unspecified atom stereocenters. The van der Waals surface area contributed by atoms with Crippen LogP contribution >= 0.6 is 0 Å². The van der Waals surface area contributed by atoms with Crippen LogP contribution < -0.4 is 15.8 Å². The molecule has 6 nitrogen and oxygen atoms in total. The first-order chi connectivity index (χ1) is 17.6.